The maximum atomic E-state index is 14.8. The summed E-state index contributed by atoms with van der Waals surface area (Å²) < 4.78 is 1.06. The highest BCUT2D eigenvalue weighted by Crippen LogP contribution is 2.30. The number of aryl methyl sites for hydroxylation is 2. The summed E-state index contributed by atoms with van der Waals surface area (Å²) in [5, 5.41) is 6.69. The van der Waals surface area contributed by atoms with Crippen LogP contribution in [0, 0.1) is 13.8 Å². The summed E-state index contributed by atoms with van der Waals surface area (Å²) in [5.41, 5.74) is 6.08. The molecular formula is C43H47N2O+. The summed E-state index contributed by atoms with van der Waals surface area (Å²) in [6, 6.07) is 40.9. The largest absolute Gasteiger partial charge is 0.334 e. The van der Waals surface area contributed by atoms with Gasteiger partial charge in [-0.15, -0.1) is 0 Å². The Balaban J connectivity index is 1.28. The van der Waals surface area contributed by atoms with Gasteiger partial charge in [-0.05, 0) is 90.6 Å². The lowest BCUT2D eigenvalue weighted by Gasteiger charge is -2.37. The molecule has 6 rings (SSSR count). The lowest BCUT2D eigenvalue weighted by Crippen LogP contribution is -2.47. The van der Waals surface area contributed by atoms with Crippen LogP contribution < -0.4 is 0 Å². The van der Waals surface area contributed by atoms with Crippen molar-refractivity contribution in [3.63, 3.8) is 0 Å². The molecule has 0 atom stereocenters. The monoisotopic (exact) mass is 607 g/mol. The van der Waals surface area contributed by atoms with Crippen molar-refractivity contribution < 1.29 is 9.28 Å². The summed E-state index contributed by atoms with van der Waals surface area (Å²) in [5.74, 6) is 0.114. The molecule has 0 saturated heterocycles. The van der Waals surface area contributed by atoms with Gasteiger partial charge in [-0.2, -0.15) is 0 Å². The first-order valence-corrected chi connectivity index (χ1v) is 17.0. The third-order valence-electron chi connectivity index (χ3n) is 9.91. The van der Waals surface area contributed by atoms with Crippen LogP contribution in [0.4, 0.5) is 0 Å². The number of fused-ring (bicyclic) bond motifs is 3. The number of amides is 1. The zero-order valence-corrected chi connectivity index (χ0v) is 27.9. The van der Waals surface area contributed by atoms with Crippen molar-refractivity contribution in [3.05, 3.63) is 143 Å². The van der Waals surface area contributed by atoms with Crippen LogP contribution in [0.25, 0.3) is 32.3 Å². The Kier molecular flexibility index (Phi) is 9.51. The molecule has 0 aromatic heterocycles. The number of quaternary nitrogens is 1. The van der Waals surface area contributed by atoms with Crippen LogP contribution in [-0.2, 0) is 13.1 Å². The molecule has 0 aliphatic carbocycles. The van der Waals surface area contributed by atoms with Gasteiger partial charge in [0, 0.05) is 18.7 Å². The van der Waals surface area contributed by atoms with E-state index in [4.69, 9.17) is 0 Å². The first-order chi connectivity index (χ1) is 22.4. The summed E-state index contributed by atoms with van der Waals surface area (Å²) in [7, 11) is 0. The minimum absolute atomic E-state index is 0.114. The Morgan fingerprint density at radius 2 is 1.20 bits per heavy atom. The fraction of sp³-hybridized carbons (Fsp3) is 0.279. The van der Waals surface area contributed by atoms with Gasteiger partial charge in [-0.25, -0.2) is 0 Å². The number of hydrogen-bond donors (Lipinski definition) is 0. The number of carbonyl (C=O) groups is 1. The second kappa shape index (κ2) is 13.9. The zero-order valence-electron chi connectivity index (χ0n) is 27.9. The minimum atomic E-state index is 0.114. The number of unbranched alkanes of at least 4 members (excludes halogenated alkanes) is 1. The number of rotatable bonds is 12. The van der Waals surface area contributed by atoms with Gasteiger partial charge in [0.25, 0.3) is 5.91 Å². The first kappa shape index (κ1) is 31.5. The molecular weight excluding hydrogens is 560 g/mol. The third-order valence-corrected chi connectivity index (χ3v) is 9.91. The second-order valence-electron chi connectivity index (χ2n) is 13.2. The number of carbonyl (C=O) groups excluding carboxylic acids is 1. The van der Waals surface area contributed by atoms with E-state index >= 15 is 0 Å². The molecule has 0 saturated carbocycles. The molecule has 0 bridgehead atoms. The molecule has 0 aliphatic rings. The molecule has 0 spiro atoms. The third kappa shape index (κ3) is 6.85. The van der Waals surface area contributed by atoms with Crippen LogP contribution in [0.5, 0.6) is 0 Å². The highest BCUT2D eigenvalue weighted by Gasteiger charge is 2.25. The van der Waals surface area contributed by atoms with Gasteiger partial charge in [-0.3, -0.25) is 4.79 Å². The Bertz CT molecular complexity index is 1910. The number of benzene rings is 6. The van der Waals surface area contributed by atoms with Gasteiger partial charge in [0.2, 0.25) is 0 Å². The van der Waals surface area contributed by atoms with Crippen molar-refractivity contribution in [3.8, 4) is 0 Å². The smallest absolute Gasteiger partial charge is 0.255 e. The van der Waals surface area contributed by atoms with Gasteiger partial charge in [0.1, 0.15) is 6.54 Å². The lowest BCUT2D eigenvalue weighted by molar-refractivity contribution is -0.938. The van der Waals surface area contributed by atoms with Gasteiger partial charge >= 0.3 is 0 Å². The van der Waals surface area contributed by atoms with Crippen LogP contribution in [-0.4, -0.2) is 41.5 Å². The minimum Gasteiger partial charge on any atom is -0.334 e. The van der Waals surface area contributed by atoms with E-state index in [1.165, 1.54) is 33.0 Å². The molecule has 3 heteroatoms. The van der Waals surface area contributed by atoms with Crippen molar-refractivity contribution in [2.24, 2.45) is 0 Å². The van der Waals surface area contributed by atoms with E-state index in [1.807, 2.05) is 12.1 Å². The zero-order chi connectivity index (χ0) is 32.1. The SMILES string of the molecule is CC[N+](CC)(CCCCN(Cc1ccc2ccccc2c1)C(=O)c1c2ccccc2cc2ccccc12)Cc1cc(C)cc(C)c1. The fourth-order valence-electron chi connectivity index (χ4n) is 7.35. The maximum absolute atomic E-state index is 14.8. The fourth-order valence-corrected chi connectivity index (χ4v) is 7.35. The molecule has 1 amide bonds. The Labute approximate surface area is 274 Å². The van der Waals surface area contributed by atoms with E-state index in [9.17, 15) is 4.79 Å². The van der Waals surface area contributed by atoms with E-state index in [-0.39, 0.29) is 5.91 Å². The van der Waals surface area contributed by atoms with Crippen molar-refractivity contribution in [2.75, 3.05) is 26.2 Å². The summed E-state index contributed by atoms with van der Waals surface area (Å²) >= 11 is 0. The number of nitrogens with zero attached hydrogens (tertiary/aromatic N) is 2. The van der Waals surface area contributed by atoms with Crippen LogP contribution in [0.3, 0.4) is 0 Å². The van der Waals surface area contributed by atoms with Gasteiger partial charge in [0.05, 0.1) is 25.2 Å². The van der Waals surface area contributed by atoms with Crippen molar-refractivity contribution in [2.45, 2.75) is 53.6 Å². The maximum Gasteiger partial charge on any atom is 0.255 e. The highest BCUT2D eigenvalue weighted by molar-refractivity contribution is 6.18. The lowest BCUT2D eigenvalue weighted by atomic mass is 9.95. The van der Waals surface area contributed by atoms with Gasteiger partial charge < -0.3 is 9.38 Å². The topological polar surface area (TPSA) is 20.3 Å². The number of hydrogen-bond acceptors (Lipinski definition) is 1. The molecule has 6 aromatic carbocycles. The van der Waals surface area contributed by atoms with Crippen molar-refractivity contribution in [1.29, 1.82) is 0 Å². The van der Waals surface area contributed by atoms with Crippen LogP contribution in [0.15, 0.2) is 115 Å². The molecule has 46 heavy (non-hydrogen) atoms. The molecule has 3 nitrogen and oxygen atoms in total. The molecule has 0 heterocycles. The van der Waals surface area contributed by atoms with Crippen molar-refractivity contribution >= 4 is 38.2 Å². The normalized spacial score (nSPS) is 11.8. The molecule has 6 aromatic rings. The van der Waals surface area contributed by atoms with Crippen LogP contribution >= 0.6 is 0 Å². The molecule has 0 aliphatic heterocycles. The average molecular weight is 608 g/mol. The first-order valence-electron chi connectivity index (χ1n) is 17.0. The molecule has 0 N–H and O–H groups in total. The molecule has 234 valence electrons. The predicted octanol–water partition coefficient (Wildman–Crippen LogP) is 10.2. The second-order valence-corrected chi connectivity index (χ2v) is 13.2. The summed E-state index contributed by atoms with van der Waals surface area (Å²) in [4.78, 5) is 16.9. The highest BCUT2D eigenvalue weighted by atomic mass is 16.2. The summed E-state index contributed by atoms with van der Waals surface area (Å²) in [6.45, 7) is 14.7. The van der Waals surface area contributed by atoms with E-state index in [0.717, 1.165) is 77.2 Å². The van der Waals surface area contributed by atoms with Crippen LogP contribution in [0.2, 0.25) is 0 Å². The van der Waals surface area contributed by atoms with E-state index in [1.54, 1.807) is 0 Å². The van der Waals surface area contributed by atoms with E-state index < -0.39 is 0 Å². The van der Waals surface area contributed by atoms with Crippen molar-refractivity contribution in [1.82, 2.24) is 4.90 Å². The van der Waals surface area contributed by atoms with Crippen LogP contribution in [0.1, 0.15) is 59.3 Å². The molecule has 0 fully saturated rings. The predicted molar refractivity (Wildman–Crippen MR) is 195 cm³/mol. The van der Waals surface area contributed by atoms with E-state index in [2.05, 4.69) is 136 Å². The Morgan fingerprint density at radius 3 is 1.83 bits per heavy atom. The Morgan fingerprint density at radius 1 is 0.609 bits per heavy atom. The average Bonchev–Trinajstić information content (AvgIpc) is 3.07. The van der Waals surface area contributed by atoms with Gasteiger partial charge in [0.15, 0.2) is 0 Å². The van der Waals surface area contributed by atoms with Gasteiger partial charge in [-0.1, -0.05) is 114 Å². The standard InChI is InChI=1S/C43H47N2O/c1-5-45(6-2,31-35-26-32(3)25-33(4)27-35)24-14-13-23-44(30-34-21-22-36-15-7-8-16-37(36)28-34)43(46)42-40-19-11-9-17-38(40)29-39-18-10-12-20-41(39)42/h7-12,15-22,25-29H,5-6,13-14,23-24,30-31H2,1-4H3/q+1. The van der Waals surface area contributed by atoms with E-state index in [0.29, 0.717) is 6.54 Å². The Hall–Kier alpha value is -4.47. The summed E-state index contributed by atoms with van der Waals surface area (Å²) in [6.07, 6.45) is 2.04. The quantitative estimate of drug-likeness (QED) is 0.0770. The molecule has 0 radical (unpaired) electrons. The molecule has 0 unspecified atom stereocenters.